The minimum Gasteiger partial charge on any atom is -0.466 e. The van der Waals surface area contributed by atoms with Crippen molar-refractivity contribution in [2.45, 2.75) is 70.4 Å². The van der Waals surface area contributed by atoms with Crippen LogP contribution in [0, 0.1) is 5.82 Å². The summed E-state index contributed by atoms with van der Waals surface area (Å²) in [5, 5.41) is 1.03. The number of fused-ring (bicyclic) bond motifs is 1. The van der Waals surface area contributed by atoms with Gasteiger partial charge in [-0.05, 0) is 57.4 Å². The fourth-order valence-electron chi connectivity index (χ4n) is 5.01. The highest BCUT2D eigenvalue weighted by atomic mass is 19.1. The van der Waals surface area contributed by atoms with Gasteiger partial charge in [0.15, 0.2) is 5.79 Å². The van der Waals surface area contributed by atoms with Crippen LogP contribution in [0.5, 0.6) is 0 Å². The van der Waals surface area contributed by atoms with Crippen LogP contribution in [0.1, 0.15) is 63.6 Å². The lowest BCUT2D eigenvalue weighted by Gasteiger charge is -2.39. The third-order valence-corrected chi connectivity index (χ3v) is 6.61. The van der Waals surface area contributed by atoms with E-state index in [1.54, 1.807) is 6.92 Å². The van der Waals surface area contributed by atoms with Crippen molar-refractivity contribution < 1.29 is 23.4 Å². The first kappa shape index (κ1) is 24.6. The molecule has 1 aliphatic carbocycles. The molecule has 3 aromatic rings. The molecule has 0 amide bonds. The molecule has 36 heavy (non-hydrogen) atoms. The molecule has 2 aromatic carbocycles. The van der Waals surface area contributed by atoms with Gasteiger partial charge in [0.2, 0.25) is 0 Å². The number of aromatic nitrogens is 1. The molecule has 2 heterocycles. The molecule has 0 bridgehead atoms. The van der Waals surface area contributed by atoms with E-state index < -0.39 is 5.79 Å². The second kappa shape index (κ2) is 10.1. The highest BCUT2D eigenvalue weighted by Crippen LogP contribution is 2.45. The van der Waals surface area contributed by atoms with Crippen molar-refractivity contribution in [1.82, 2.24) is 4.98 Å². The van der Waals surface area contributed by atoms with Crippen LogP contribution in [0.2, 0.25) is 0 Å². The topological polar surface area (TPSA) is 57.7 Å². The number of carbonyl (C=O) groups excluding carboxylic acids is 1. The number of esters is 1. The van der Waals surface area contributed by atoms with Crippen molar-refractivity contribution in [2.24, 2.45) is 0 Å². The average Bonchev–Trinajstić information content (AvgIpc) is 3.67. The Kier molecular flexibility index (Phi) is 6.91. The summed E-state index contributed by atoms with van der Waals surface area (Å²) in [4.78, 5) is 17.1. The number of benzene rings is 2. The molecule has 2 atom stereocenters. The van der Waals surface area contributed by atoms with Crippen LogP contribution in [0.4, 0.5) is 4.39 Å². The zero-order chi connectivity index (χ0) is 25.3. The number of halogens is 1. The van der Waals surface area contributed by atoms with Gasteiger partial charge in [-0.25, -0.2) is 4.39 Å². The summed E-state index contributed by atoms with van der Waals surface area (Å²) < 4.78 is 31.1. The summed E-state index contributed by atoms with van der Waals surface area (Å²) >= 11 is 0. The van der Waals surface area contributed by atoms with Gasteiger partial charge in [-0.2, -0.15) is 0 Å². The predicted octanol–water partition coefficient (Wildman–Crippen LogP) is 6.79. The standard InChI is InChI=1S/C30H32FNO4/c1-4-34-27(33)18-23-17-22(35-30(2,3)36-23)15-16-25-28(19-11-13-21(31)14-12-19)24-7-5-6-8-26(24)32-29(25)20-9-10-20/h5-8,11-16,20,22-23H,4,9-10,17-18H2,1-3H3/b16-15+. The van der Waals surface area contributed by atoms with Crippen LogP contribution in [0.25, 0.3) is 28.1 Å². The third-order valence-electron chi connectivity index (χ3n) is 6.61. The van der Waals surface area contributed by atoms with E-state index in [2.05, 4.69) is 12.1 Å². The van der Waals surface area contributed by atoms with Gasteiger partial charge in [0, 0.05) is 28.9 Å². The molecule has 6 heteroatoms. The van der Waals surface area contributed by atoms with Crippen molar-refractivity contribution >= 4 is 22.9 Å². The second-order valence-electron chi connectivity index (χ2n) is 9.98. The zero-order valence-corrected chi connectivity index (χ0v) is 21.0. The Morgan fingerprint density at radius 1 is 1.14 bits per heavy atom. The highest BCUT2D eigenvalue weighted by Gasteiger charge is 2.36. The zero-order valence-electron chi connectivity index (χ0n) is 21.0. The van der Waals surface area contributed by atoms with Crippen LogP contribution in [0.3, 0.4) is 0 Å². The largest absolute Gasteiger partial charge is 0.466 e. The smallest absolute Gasteiger partial charge is 0.308 e. The van der Waals surface area contributed by atoms with Gasteiger partial charge in [0.05, 0.1) is 36.4 Å². The van der Waals surface area contributed by atoms with E-state index in [0.717, 1.165) is 46.1 Å². The van der Waals surface area contributed by atoms with Crippen molar-refractivity contribution in [3.63, 3.8) is 0 Å². The molecule has 0 N–H and O–H groups in total. The van der Waals surface area contributed by atoms with Gasteiger partial charge in [-0.3, -0.25) is 9.78 Å². The first-order valence-corrected chi connectivity index (χ1v) is 12.7. The quantitative estimate of drug-likeness (QED) is 0.342. The summed E-state index contributed by atoms with van der Waals surface area (Å²) in [5.74, 6) is -0.944. The molecule has 0 spiro atoms. The first-order chi connectivity index (χ1) is 17.3. The minimum absolute atomic E-state index is 0.191. The molecule has 1 saturated carbocycles. The summed E-state index contributed by atoms with van der Waals surface area (Å²) in [6.07, 6.45) is 6.56. The molecule has 1 aromatic heterocycles. The Bertz CT molecular complexity index is 1280. The fourth-order valence-corrected chi connectivity index (χ4v) is 5.01. The van der Waals surface area contributed by atoms with Crippen molar-refractivity contribution in [3.8, 4) is 11.1 Å². The Labute approximate surface area is 211 Å². The van der Waals surface area contributed by atoms with Crippen LogP contribution >= 0.6 is 0 Å². The Morgan fingerprint density at radius 2 is 1.89 bits per heavy atom. The van der Waals surface area contributed by atoms with Crippen LogP contribution < -0.4 is 0 Å². The maximum atomic E-state index is 13.8. The maximum absolute atomic E-state index is 13.8. The lowest BCUT2D eigenvalue weighted by atomic mass is 9.92. The lowest BCUT2D eigenvalue weighted by molar-refractivity contribution is -0.290. The summed E-state index contributed by atoms with van der Waals surface area (Å²) in [6.45, 7) is 5.87. The van der Waals surface area contributed by atoms with Crippen LogP contribution in [-0.4, -0.2) is 35.6 Å². The molecule has 2 unspecified atom stereocenters. The normalized spacial score (nSPS) is 21.7. The van der Waals surface area contributed by atoms with Gasteiger partial charge in [0.1, 0.15) is 5.82 Å². The summed E-state index contributed by atoms with van der Waals surface area (Å²) in [6, 6.07) is 14.8. The Morgan fingerprint density at radius 3 is 2.61 bits per heavy atom. The van der Waals surface area contributed by atoms with Crippen LogP contribution in [0.15, 0.2) is 54.6 Å². The average molecular weight is 490 g/mol. The second-order valence-corrected chi connectivity index (χ2v) is 9.98. The lowest BCUT2D eigenvalue weighted by Crippen LogP contribution is -2.44. The number of rotatable bonds is 7. The summed E-state index contributed by atoms with van der Waals surface area (Å²) in [5.41, 5.74) is 5.04. The molecular weight excluding hydrogens is 457 g/mol. The maximum Gasteiger partial charge on any atom is 0.308 e. The van der Waals surface area contributed by atoms with Gasteiger partial charge in [0.25, 0.3) is 0 Å². The number of carbonyl (C=O) groups is 1. The van der Waals surface area contributed by atoms with Crippen LogP contribution in [-0.2, 0) is 19.0 Å². The minimum atomic E-state index is -0.828. The Hall–Kier alpha value is -3.09. The fraction of sp³-hybridized carbons (Fsp3) is 0.400. The molecule has 2 fully saturated rings. The van der Waals surface area contributed by atoms with Crippen molar-refractivity contribution in [2.75, 3.05) is 6.61 Å². The molecule has 1 saturated heterocycles. The summed E-state index contributed by atoms with van der Waals surface area (Å²) in [7, 11) is 0. The molecule has 0 radical (unpaired) electrons. The van der Waals surface area contributed by atoms with Crippen molar-refractivity contribution in [1.29, 1.82) is 0 Å². The number of nitrogens with zero attached hydrogens (tertiary/aromatic N) is 1. The van der Waals surface area contributed by atoms with E-state index in [0.29, 0.717) is 18.9 Å². The van der Waals surface area contributed by atoms with E-state index in [1.165, 1.54) is 12.1 Å². The number of para-hydroxylation sites is 1. The van der Waals surface area contributed by atoms with E-state index >= 15 is 0 Å². The van der Waals surface area contributed by atoms with Gasteiger partial charge >= 0.3 is 5.97 Å². The molecule has 5 nitrogen and oxygen atoms in total. The predicted molar refractivity (Wildman–Crippen MR) is 138 cm³/mol. The number of ether oxygens (including phenoxy) is 3. The van der Waals surface area contributed by atoms with E-state index in [-0.39, 0.29) is 30.4 Å². The van der Waals surface area contributed by atoms with E-state index in [1.807, 2.05) is 50.3 Å². The third kappa shape index (κ3) is 5.50. The number of hydrogen-bond acceptors (Lipinski definition) is 5. The first-order valence-electron chi connectivity index (χ1n) is 12.7. The van der Waals surface area contributed by atoms with E-state index in [4.69, 9.17) is 19.2 Å². The van der Waals surface area contributed by atoms with Gasteiger partial charge in [-0.1, -0.05) is 42.5 Å². The van der Waals surface area contributed by atoms with E-state index in [9.17, 15) is 9.18 Å². The highest BCUT2D eigenvalue weighted by molar-refractivity contribution is 5.99. The molecule has 2 aliphatic rings. The molecule has 5 rings (SSSR count). The van der Waals surface area contributed by atoms with Gasteiger partial charge in [-0.15, -0.1) is 0 Å². The number of pyridine rings is 1. The monoisotopic (exact) mass is 489 g/mol. The Balaban J connectivity index is 1.54. The molecular formula is C30H32FNO4. The molecule has 1 aliphatic heterocycles. The number of hydrogen-bond donors (Lipinski definition) is 0. The van der Waals surface area contributed by atoms with Gasteiger partial charge < -0.3 is 14.2 Å². The SMILES string of the molecule is CCOC(=O)CC1CC(/C=C/c2c(C3CC3)nc3ccccc3c2-c2ccc(F)cc2)OC(C)(C)O1. The van der Waals surface area contributed by atoms with Crippen molar-refractivity contribution in [3.05, 3.63) is 71.7 Å². The molecule has 188 valence electrons.